The molecule has 470 valence electrons. The molecule has 0 saturated heterocycles. The van der Waals surface area contributed by atoms with Crippen molar-refractivity contribution in [3.63, 3.8) is 0 Å². The van der Waals surface area contributed by atoms with E-state index in [1.54, 1.807) is 0 Å². The minimum atomic E-state index is -0.790. The Morgan fingerprint density at radius 2 is 0.481 bits per heavy atom. The molecule has 0 aromatic rings. The zero-order chi connectivity index (χ0) is 58.5. The summed E-state index contributed by atoms with van der Waals surface area (Å²) in [5.41, 5.74) is 0. The van der Waals surface area contributed by atoms with Crippen molar-refractivity contribution in [3.05, 3.63) is 72.9 Å². The molecule has 0 spiro atoms. The van der Waals surface area contributed by atoms with Crippen LogP contribution in [-0.2, 0) is 28.6 Å². The summed E-state index contributed by atoms with van der Waals surface area (Å²) in [6, 6.07) is 0. The molecular formula is C75H134O6. The van der Waals surface area contributed by atoms with Gasteiger partial charge in [0.25, 0.3) is 0 Å². The van der Waals surface area contributed by atoms with Crippen molar-refractivity contribution in [1.29, 1.82) is 0 Å². The Balaban J connectivity index is 4.37. The van der Waals surface area contributed by atoms with Crippen LogP contribution in [0.3, 0.4) is 0 Å². The summed E-state index contributed by atoms with van der Waals surface area (Å²) in [4.78, 5) is 38.5. The van der Waals surface area contributed by atoms with Gasteiger partial charge in [-0.25, -0.2) is 0 Å². The molecule has 0 aromatic heterocycles. The minimum Gasteiger partial charge on any atom is -0.462 e. The number of carbonyl (C=O) groups is 3. The van der Waals surface area contributed by atoms with Crippen LogP contribution in [0.1, 0.15) is 367 Å². The Kier molecular flexibility index (Phi) is 66.6. The number of esters is 3. The lowest BCUT2D eigenvalue weighted by atomic mass is 10.0. The van der Waals surface area contributed by atoms with Crippen LogP contribution < -0.4 is 0 Å². The fourth-order valence-corrected chi connectivity index (χ4v) is 10.4. The molecule has 0 saturated carbocycles. The summed E-state index contributed by atoms with van der Waals surface area (Å²) in [7, 11) is 0. The number of ether oxygens (including phenoxy) is 3. The van der Waals surface area contributed by atoms with Gasteiger partial charge in [0.2, 0.25) is 0 Å². The van der Waals surface area contributed by atoms with E-state index < -0.39 is 6.10 Å². The Morgan fingerprint density at radius 1 is 0.259 bits per heavy atom. The summed E-state index contributed by atoms with van der Waals surface area (Å²) >= 11 is 0. The molecule has 0 rings (SSSR count). The highest BCUT2D eigenvalue weighted by atomic mass is 16.6. The molecule has 6 heteroatoms. The summed E-state index contributed by atoms with van der Waals surface area (Å²) in [6.07, 6.45) is 90.7. The fourth-order valence-electron chi connectivity index (χ4n) is 10.4. The van der Waals surface area contributed by atoms with E-state index in [4.69, 9.17) is 14.2 Å². The SMILES string of the molecule is CC/C=C\C/C=C\C/C=C\C/C=C\C/C=C\CCCCCC(=O)OCC(COC(=O)CCCCCCCCCCCCC/C=C\CCCCCCCCCC)OC(=O)CCCCCCCCCCCCCCCCCCCCCCC. The quantitative estimate of drug-likeness (QED) is 0.0261. The second kappa shape index (κ2) is 69.3. The van der Waals surface area contributed by atoms with E-state index in [2.05, 4.69) is 93.7 Å². The largest absolute Gasteiger partial charge is 0.462 e. The number of carbonyl (C=O) groups excluding carboxylic acids is 3. The molecule has 81 heavy (non-hydrogen) atoms. The van der Waals surface area contributed by atoms with Gasteiger partial charge in [0.15, 0.2) is 6.10 Å². The van der Waals surface area contributed by atoms with Gasteiger partial charge in [-0.3, -0.25) is 14.4 Å². The van der Waals surface area contributed by atoms with Crippen molar-refractivity contribution < 1.29 is 28.6 Å². The fraction of sp³-hybridized carbons (Fsp3) is 0.800. The maximum absolute atomic E-state index is 13.0. The Hall–Kier alpha value is -3.15. The van der Waals surface area contributed by atoms with Gasteiger partial charge in [-0.15, -0.1) is 0 Å². The van der Waals surface area contributed by atoms with Crippen LogP contribution in [0.5, 0.6) is 0 Å². The molecule has 1 atom stereocenters. The van der Waals surface area contributed by atoms with Crippen molar-refractivity contribution in [2.75, 3.05) is 13.2 Å². The molecule has 0 aromatic carbocycles. The average Bonchev–Trinajstić information content (AvgIpc) is 3.47. The van der Waals surface area contributed by atoms with Gasteiger partial charge >= 0.3 is 17.9 Å². The average molecular weight is 1130 g/mol. The molecule has 0 bridgehead atoms. The standard InChI is InChI=1S/C75H134O6/c1-4-7-10-13-16-19-22-25-28-31-34-36-37-39-41-44-47-50-53-56-59-62-65-68-74(77)80-71-72(70-79-73(76)67-64-61-58-55-52-49-46-43-40-33-30-27-24-21-18-15-12-9-6-3)81-75(78)69-66-63-60-57-54-51-48-45-42-38-35-32-29-26-23-20-17-14-11-8-5-2/h9,12,18,21,27,30-31,34,40,43,49,52,72H,4-8,10-11,13-17,19-20,22-26,28-29,32-33,35-39,41-42,44-48,50-51,53-71H2,1-3H3/b12-9-,21-18-,30-27-,34-31-,43-40-,52-49-. The highest BCUT2D eigenvalue weighted by Gasteiger charge is 2.19. The molecular weight excluding hydrogens is 997 g/mol. The summed E-state index contributed by atoms with van der Waals surface area (Å²) in [6.45, 7) is 6.56. The first-order valence-corrected chi connectivity index (χ1v) is 35.4. The first-order valence-electron chi connectivity index (χ1n) is 35.4. The van der Waals surface area contributed by atoms with Crippen LogP contribution in [0.4, 0.5) is 0 Å². The first kappa shape index (κ1) is 77.9. The van der Waals surface area contributed by atoms with E-state index in [1.165, 1.54) is 231 Å². The second-order valence-electron chi connectivity index (χ2n) is 23.8. The minimum absolute atomic E-state index is 0.0829. The summed E-state index contributed by atoms with van der Waals surface area (Å²) in [5.74, 6) is -0.894. The topological polar surface area (TPSA) is 78.9 Å². The van der Waals surface area contributed by atoms with E-state index >= 15 is 0 Å². The Labute approximate surface area is 503 Å². The smallest absolute Gasteiger partial charge is 0.306 e. The lowest BCUT2D eigenvalue weighted by Crippen LogP contribution is -2.30. The predicted octanol–water partition coefficient (Wildman–Crippen LogP) is 24.4. The van der Waals surface area contributed by atoms with E-state index in [-0.39, 0.29) is 31.1 Å². The third kappa shape index (κ3) is 67.5. The van der Waals surface area contributed by atoms with Crippen molar-refractivity contribution in [2.45, 2.75) is 374 Å². The van der Waals surface area contributed by atoms with Crippen LogP contribution in [-0.4, -0.2) is 37.2 Å². The van der Waals surface area contributed by atoms with Crippen LogP contribution in [0.15, 0.2) is 72.9 Å². The van der Waals surface area contributed by atoms with E-state index in [0.717, 1.165) is 96.3 Å². The first-order chi connectivity index (χ1) is 40.0. The zero-order valence-corrected chi connectivity index (χ0v) is 54.1. The lowest BCUT2D eigenvalue weighted by Gasteiger charge is -2.18. The van der Waals surface area contributed by atoms with Gasteiger partial charge in [-0.2, -0.15) is 0 Å². The monoisotopic (exact) mass is 1130 g/mol. The zero-order valence-electron chi connectivity index (χ0n) is 54.1. The van der Waals surface area contributed by atoms with Crippen LogP contribution >= 0.6 is 0 Å². The number of hydrogen-bond donors (Lipinski definition) is 0. The third-order valence-electron chi connectivity index (χ3n) is 15.7. The van der Waals surface area contributed by atoms with Gasteiger partial charge in [-0.05, 0) is 89.9 Å². The van der Waals surface area contributed by atoms with Gasteiger partial charge in [0.05, 0.1) is 0 Å². The molecule has 0 amide bonds. The number of rotatable bonds is 65. The van der Waals surface area contributed by atoms with Gasteiger partial charge in [0.1, 0.15) is 13.2 Å². The Morgan fingerprint density at radius 3 is 0.778 bits per heavy atom. The predicted molar refractivity (Wildman–Crippen MR) is 353 cm³/mol. The molecule has 0 aliphatic carbocycles. The third-order valence-corrected chi connectivity index (χ3v) is 15.7. The second-order valence-corrected chi connectivity index (χ2v) is 23.8. The van der Waals surface area contributed by atoms with Gasteiger partial charge in [0, 0.05) is 19.3 Å². The lowest BCUT2D eigenvalue weighted by molar-refractivity contribution is -0.167. The van der Waals surface area contributed by atoms with Crippen LogP contribution in [0.25, 0.3) is 0 Å². The molecule has 0 fully saturated rings. The van der Waals surface area contributed by atoms with Crippen molar-refractivity contribution in [3.8, 4) is 0 Å². The highest BCUT2D eigenvalue weighted by molar-refractivity contribution is 5.71. The Bertz CT molecular complexity index is 1490. The molecule has 6 nitrogen and oxygen atoms in total. The molecule has 0 aliphatic heterocycles. The van der Waals surface area contributed by atoms with Gasteiger partial charge < -0.3 is 14.2 Å². The van der Waals surface area contributed by atoms with E-state index in [0.29, 0.717) is 19.3 Å². The van der Waals surface area contributed by atoms with Crippen molar-refractivity contribution in [1.82, 2.24) is 0 Å². The van der Waals surface area contributed by atoms with Crippen LogP contribution in [0.2, 0.25) is 0 Å². The molecule has 0 heterocycles. The summed E-state index contributed by atoms with van der Waals surface area (Å²) in [5, 5.41) is 0. The number of allylic oxidation sites excluding steroid dienone is 12. The maximum Gasteiger partial charge on any atom is 0.306 e. The van der Waals surface area contributed by atoms with E-state index in [1.807, 2.05) is 0 Å². The van der Waals surface area contributed by atoms with Crippen molar-refractivity contribution >= 4 is 17.9 Å². The molecule has 0 N–H and O–H groups in total. The number of hydrogen-bond acceptors (Lipinski definition) is 6. The van der Waals surface area contributed by atoms with Gasteiger partial charge in [-0.1, -0.05) is 331 Å². The number of unbranched alkanes of at least 4 members (excludes halogenated alkanes) is 42. The van der Waals surface area contributed by atoms with Crippen LogP contribution in [0, 0.1) is 0 Å². The molecule has 0 aliphatic rings. The maximum atomic E-state index is 13.0. The normalized spacial score (nSPS) is 12.5. The molecule has 0 radical (unpaired) electrons. The van der Waals surface area contributed by atoms with Crippen molar-refractivity contribution in [2.24, 2.45) is 0 Å². The van der Waals surface area contributed by atoms with E-state index in [9.17, 15) is 14.4 Å². The summed E-state index contributed by atoms with van der Waals surface area (Å²) < 4.78 is 17.0. The molecule has 1 unspecified atom stereocenters. The highest BCUT2D eigenvalue weighted by Crippen LogP contribution is 2.18.